The Balaban J connectivity index is 2.77. The molecule has 2 aromatic rings. The Morgan fingerprint density at radius 2 is 1.95 bits per heavy atom. The van der Waals surface area contributed by atoms with E-state index in [1.54, 1.807) is 32.2 Å². The average Bonchev–Trinajstić information content (AvgIpc) is 2.30. The third-order valence-electron chi connectivity index (χ3n) is 3.02. The zero-order valence-electron chi connectivity index (χ0n) is 11.0. The molecule has 0 atom stereocenters. The van der Waals surface area contributed by atoms with Gasteiger partial charge in [0.25, 0.3) is 5.56 Å². The van der Waals surface area contributed by atoms with Gasteiger partial charge in [-0.15, -0.1) is 0 Å². The largest absolute Gasteiger partial charge is 0.478 e. The highest BCUT2D eigenvalue weighted by Gasteiger charge is 2.16. The van der Waals surface area contributed by atoms with Crippen LogP contribution in [-0.2, 0) is 0 Å². The van der Waals surface area contributed by atoms with Gasteiger partial charge in [-0.2, -0.15) is 0 Å². The van der Waals surface area contributed by atoms with E-state index in [0.717, 1.165) is 5.69 Å². The molecule has 0 fully saturated rings. The molecule has 0 aromatic carbocycles. The fourth-order valence-corrected chi connectivity index (χ4v) is 2.12. The van der Waals surface area contributed by atoms with E-state index in [9.17, 15) is 14.7 Å². The summed E-state index contributed by atoms with van der Waals surface area (Å²) in [5, 5.41) is 9.22. The summed E-state index contributed by atoms with van der Waals surface area (Å²) in [7, 11) is 0. The number of rotatable bonds is 2. The van der Waals surface area contributed by atoms with E-state index in [4.69, 9.17) is 0 Å². The second-order valence-corrected chi connectivity index (χ2v) is 4.42. The van der Waals surface area contributed by atoms with Crippen molar-refractivity contribution < 1.29 is 9.90 Å². The van der Waals surface area contributed by atoms with E-state index in [0.29, 0.717) is 16.9 Å². The van der Waals surface area contributed by atoms with Gasteiger partial charge in [-0.1, -0.05) is 0 Å². The molecule has 5 nitrogen and oxygen atoms in total. The van der Waals surface area contributed by atoms with Crippen LogP contribution < -0.4 is 5.56 Å². The van der Waals surface area contributed by atoms with E-state index in [1.165, 1.54) is 10.6 Å². The molecular weight excluding hydrogens is 244 g/mol. The number of aryl methyl sites for hydroxylation is 2. The zero-order chi connectivity index (χ0) is 14.2. The van der Waals surface area contributed by atoms with E-state index in [2.05, 4.69) is 4.98 Å². The van der Waals surface area contributed by atoms with Gasteiger partial charge < -0.3 is 5.11 Å². The molecule has 0 radical (unpaired) electrons. The summed E-state index contributed by atoms with van der Waals surface area (Å²) in [6.07, 6.45) is 1.56. The highest BCUT2D eigenvalue weighted by atomic mass is 16.4. The molecule has 0 saturated heterocycles. The Morgan fingerprint density at radius 3 is 2.47 bits per heavy atom. The minimum atomic E-state index is -1.04. The third kappa shape index (κ3) is 2.27. The van der Waals surface area contributed by atoms with Crippen molar-refractivity contribution in [3.05, 3.63) is 57.3 Å². The third-order valence-corrected chi connectivity index (χ3v) is 3.02. The smallest absolute Gasteiger partial charge is 0.337 e. The lowest BCUT2D eigenvalue weighted by Crippen LogP contribution is -2.24. The van der Waals surface area contributed by atoms with Crippen LogP contribution in [0, 0.1) is 20.8 Å². The minimum absolute atomic E-state index is 0.153. The van der Waals surface area contributed by atoms with E-state index in [1.807, 2.05) is 6.92 Å². The van der Waals surface area contributed by atoms with Crippen LogP contribution in [0.5, 0.6) is 0 Å². The Labute approximate surface area is 110 Å². The predicted octanol–water partition coefficient (Wildman–Crippen LogP) is 1.86. The maximum absolute atomic E-state index is 12.1. The number of carboxylic acids is 1. The monoisotopic (exact) mass is 258 g/mol. The lowest BCUT2D eigenvalue weighted by Gasteiger charge is -2.13. The molecule has 0 aliphatic carbocycles. The van der Waals surface area contributed by atoms with Gasteiger partial charge in [-0.25, -0.2) is 4.79 Å². The van der Waals surface area contributed by atoms with Crippen molar-refractivity contribution in [2.45, 2.75) is 20.8 Å². The SMILES string of the molecule is Cc1ccc(-n2c(C)c(C(=O)O)c(C)cc2=O)cn1. The van der Waals surface area contributed by atoms with Crippen molar-refractivity contribution >= 4 is 5.97 Å². The Hall–Kier alpha value is -2.43. The van der Waals surface area contributed by atoms with E-state index < -0.39 is 5.97 Å². The first kappa shape index (κ1) is 13.0. The van der Waals surface area contributed by atoms with Gasteiger partial charge in [0.15, 0.2) is 0 Å². The number of carboxylic acid groups (broad SMARTS) is 1. The van der Waals surface area contributed by atoms with E-state index >= 15 is 0 Å². The highest BCUT2D eigenvalue weighted by molar-refractivity contribution is 5.90. The number of aromatic carboxylic acids is 1. The Morgan fingerprint density at radius 1 is 1.26 bits per heavy atom. The summed E-state index contributed by atoms with van der Waals surface area (Å²) in [5.41, 5.74) is 2.16. The molecule has 2 rings (SSSR count). The first-order valence-corrected chi connectivity index (χ1v) is 5.81. The maximum Gasteiger partial charge on any atom is 0.337 e. The number of aromatic nitrogens is 2. The minimum Gasteiger partial charge on any atom is -0.478 e. The van der Waals surface area contributed by atoms with Gasteiger partial charge in [0.05, 0.1) is 17.4 Å². The van der Waals surface area contributed by atoms with Crippen molar-refractivity contribution in [2.75, 3.05) is 0 Å². The number of nitrogens with zero attached hydrogens (tertiary/aromatic N) is 2. The summed E-state index contributed by atoms with van der Waals surface area (Å²) < 4.78 is 1.36. The molecule has 98 valence electrons. The molecule has 0 amide bonds. The van der Waals surface area contributed by atoms with Crippen molar-refractivity contribution in [3.63, 3.8) is 0 Å². The normalized spacial score (nSPS) is 10.5. The van der Waals surface area contributed by atoms with Gasteiger partial charge in [0.1, 0.15) is 0 Å². The summed E-state index contributed by atoms with van der Waals surface area (Å²) >= 11 is 0. The fraction of sp³-hybridized carbons (Fsp3) is 0.214. The van der Waals surface area contributed by atoms with Gasteiger partial charge in [0, 0.05) is 17.5 Å². The van der Waals surface area contributed by atoms with Crippen molar-refractivity contribution in [1.29, 1.82) is 0 Å². The van der Waals surface area contributed by atoms with Crippen LogP contribution >= 0.6 is 0 Å². The number of carbonyl (C=O) groups is 1. The number of pyridine rings is 2. The highest BCUT2D eigenvalue weighted by Crippen LogP contribution is 2.15. The molecule has 0 aliphatic rings. The maximum atomic E-state index is 12.1. The van der Waals surface area contributed by atoms with Crippen LogP contribution in [0.15, 0.2) is 29.2 Å². The quantitative estimate of drug-likeness (QED) is 0.892. The Bertz CT molecular complexity index is 700. The second-order valence-electron chi connectivity index (χ2n) is 4.42. The van der Waals surface area contributed by atoms with Crippen LogP contribution in [0.25, 0.3) is 5.69 Å². The standard InChI is InChI=1S/C14H14N2O3/c1-8-6-12(17)16(10(3)13(8)14(18)19)11-5-4-9(2)15-7-11/h4-7H,1-3H3,(H,18,19). The zero-order valence-corrected chi connectivity index (χ0v) is 11.0. The summed E-state index contributed by atoms with van der Waals surface area (Å²) in [6, 6.07) is 4.86. The predicted molar refractivity (Wildman–Crippen MR) is 71.0 cm³/mol. The first-order valence-electron chi connectivity index (χ1n) is 5.81. The molecule has 19 heavy (non-hydrogen) atoms. The van der Waals surface area contributed by atoms with Crippen LogP contribution in [0.3, 0.4) is 0 Å². The number of hydrogen-bond acceptors (Lipinski definition) is 3. The van der Waals surface area contributed by atoms with Crippen LogP contribution in [0.2, 0.25) is 0 Å². The average molecular weight is 258 g/mol. The second kappa shape index (κ2) is 4.68. The molecular formula is C14H14N2O3. The first-order chi connectivity index (χ1) is 8.91. The number of hydrogen-bond donors (Lipinski definition) is 1. The van der Waals surface area contributed by atoms with Gasteiger partial charge in [-0.3, -0.25) is 14.3 Å². The van der Waals surface area contributed by atoms with Gasteiger partial charge >= 0.3 is 5.97 Å². The molecule has 0 aliphatic heterocycles. The molecule has 5 heteroatoms. The fourth-order valence-electron chi connectivity index (χ4n) is 2.12. The van der Waals surface area contributed by atoms with Crippen molar-refractivity contribution in [1.82, 2.24) is 9.55 Å². The molecule has 0 bridgehead atoms. The Kier molecular flexibility index (Phi) is 3.21. The summed E-state index contributed by atoms with van der Waals surface area (Å²) in [6.45, 7) is 5.09. The molecule has 2 aromatic heterocycles. The molecule has 0 unspecified atom stereocenters. The molecule has 0 saturated carbocycles. The van der Waals surface area contributed by atoms with Gasteiger partial charge in [-0.05, 0) is 38.5 Å². The van der Waals surface area contributed by atoms with E-state index in [-0.39, 0.29) is 11.1 Å². The summed E-state index contributed by atoms with van der Waals surface area (Å²) in [4.78, 5) is 27.5. The lowest BCUT2D eigenvalue weighted by molar-refractivity contribution is 0.0694. The molecule has 0 spiro atoms. The molecule has 2 heterocycles. The van der Waals surface area contributed by atoms with Crippen LogP contribution in [0.1, 0.15) is 27.3 Å². The van der Waals surface area contributed by atoms with Gasteiger partial charge in [0.2, 0.25) is 0 Å². The van der Waals surface area contributed by atoms with Crippen molar-refractivity contribution in [3.8, 4) is 5.69 Å². The van der Waals surface area contributed by atoms with Crippen LogP contribution in [0.4, 0.5) is 0 Å². The van der Waals surface area contributed by atoms with Crippen molar-refractivity contribution in [2.24, 2.45) is 0 Å². The lowest BCUT2D eigenvalue weighted by atomic mass is 10.1. The topological polar surface area (TPSA) is 72.2 Å². The van der Waals surface area contributed by atoms with Crippen LogP contribution in [-0.4, -0.2) is 20.6 Å². The summed E-state index contributed by atoms with van der Waals surface area (Å²) in [5.74, 6) is -1.04. The molecule has 1 N–H and O–H groups in total.